The van der Waals surface area contributed by atoms with E-state index in [1.807, 2.05) is 22.6 Å². The molecule has 0 bridgehead atoms. The van der Waals surface area contributed by atoms with Crippen LogP contribution < -0.4 is 11.1 Å². The van der Waals surface area contributed by atoms with Crippen molar-refractivity contribution in [2.45, 2.75) is 23.9 Å². The van der Waals surface area contributed by atoms with Crippen LogP contribution in [0.15, 0.2) is 57.2 Å². The monoisotopic (exact) mass is 482 g/mol. The van der Waals surface area contributed by atoms with Crippen LogP contribution in [-0.2, 0) is 17.0 Å². The van der Waals surface area contributed by atoms with Gasteiger partial charge in [-0.05, 0) is 36.8 Å². The number of thioether (sulfide) groups is 1. The maximum Gasteiger partial charge on any atom is 0.262 e. The second kappa shape index (κ2) is 8.97. The van der Waals surface area contributed by atoms with E-state index in [1.165, 1.54) is 11.8 Å². The Morgan fingerprint density at radius 3 is 2.82 bits per heavy atom. The quantitative estimate of drug-likeness (QED) is 0.280. The summed E-state index contributed by atoms with van der Waals surface area (Å²) < 4.78 is 8.63. The van der Waals surface area contributed by atoms with Crippen LogP contribution in [0.3, 0.4) is 0 Å². The van der Waals surface area contributed by atoms with Gasteiger partial charge in [0.15, 0.2) is 5.16 Å². The minimum absolute atomic E-state index is 0.114. The number of H-pyrrole nitrogens is 1. The zero-order chi connectivity index (χ0) is 22.9. The largest absolute Gasteiger partial charge is 0.385 e. The highest BCUT2D eigenvalue weighted by molar-refractivity contribution is 7.98. The zero-order valence-corrected chi connectivity index (χ0v) is 19.2. The summed E-state index contributed by atoms with van der Waals surface area (Å²) in [5.41, 5.74) is 0.934. The number of nitrogens with zero attached hydrogens (tertiary/aromatic N) is 5. The molecule has 0 amide bonds. The van der Waals surface area contributed by atoms with Crippen molar-refractivity contribution in [1.29, 1.82) is 0 Å². The number of hydrogen-bond acceptors (Lipinski definition) is 7. The fraction of sp³-hybridized carbons (Fsp3) is 0.227. The number of para-hydroxylation sites is 1. The van der Waals surface area contributed by atoms with Crippen LogP contribution in [0.2, 0.25) is 5.02 Å². The molecule has 0 aliphatic heterocycles. The molecule has 2 aromatic carbocycles. The van der Waals surface area contributed by atoms with Crippen LogP contribution in [0.1, 0.15) is 12.2 Å². The van der Waals surface area contributed by atoms with Gasteiger partial charge < -0.3 is 9.72 Å². The lowest BCUT2D eigenvalue weighted by Crippen LogP contribution is -2.24. The van der Waals surface area contributed by atoms with Crippen LogP contribution >= 0.6 is 23.4 Å². The third-order valence-corrected chi connectivity index (χ3v) is 6.44. The first-order valence-corrected chi connectivity index (χ1v) is 11.6. The van der Waals surface area contributed by atoms with Gasteiger partial charge >= 0.3 is 0 Å². The number of hydrogen-bond donors (Lipinski definition) is 1. The molecule has 0 fully saturated rings. The van der Waals surface area contributed by atoms with Crippen LogP contribution in [0.25, 0.3) is 27.6 Å². The van der Waals surface area contributed by atoms with Gasteiger partial charge in [-0.15, -0.1) is 10.2 Å². The molecule has 0 saturated carbocycles. The smallest absolute Gasteiger partial charge is 0.262 e. The van der Waals surface area contributed by atoms with Gasteiger partial charge in [0.25, 0.3) is 11.1 Å². The number of halogens is 1. The summed E-state index contributed by atoms with van der Waals surface area (Å²) in [4.78, 5) is 32.9. The number of methoxy groups -OCH3 is 1. The fourth-order valence-corrected chi connectivity index (χ4v) is 4.74. The number of rotatable bonds is 7. The first kappa shape index (κ1) is 21.6. The number of aryl methyl sites for hydroxylation is 1. The Morgan fingerprint density at radius 1 is 1.12 bits per heavy atom. The Balaban J connectivity index is 1.55. The summed E-state index contributed by atoms with van der Waals surface area (Å²) in [7, 11) is 1.63. The van der Waals surface area contributed by atoms with Crippen molar-refractivity contribution in [2.24, 2.45) is 0 Å². The second-order valence-corrected chi connectivity index (χ2v) is 8.78. The van der Waals surface area contributed by atoms with Gasteiger partial charge in [0.05, 0.1) is 27.6 Å². The molecule has 0 unspecified atom stereocenters. The van der Waals surface area contributed by atoms with E-state index < -0.39 is 0 Å². The van der Waals surface area contributed by atoms with Gasteiger partial charge in [-0.2, -0.15) is 0 Å². The molecule has 0 aliphatic rings. The van der Waals surface area contributed by atoms with E-state index in [0.29, 0.717) is 63.4 Å². The molecule has 0 aliphatic carbocycles. The maximum absolute atomic E-state index is 13.1. The van der Waals surface area contributed by atoms with Crippen molar-refractivity contribution in [1.82, 2.24) is 29.1 Å². The molecule has 5 rings (SSSR count). The number of ether oxygens (including phenoxy) is 1. The van der Waals surface area contributed by atoms with Crippen LogP contribution in [0.5, 0.6) is 0 Å². The van der Waals surface area contributed by atoms with E-state index in [1.54, 1.807) is 35.9 Å². The molecular formula is C22H19ClN6O3S. The van der Waals surface area contributed by atoms with Gasteiger partial charge in [-0.3, -0.25) is 18.6 Å². The normalized spacial score (nSPS) is 11.7. The summed E-state index contributed by atoms with van der Waals surface area (Å²) in [6, 6.07) is 12.4. The van der Waals surface area contributed by atoms with E-state index >= 15 is 0 Å². The van der Waals surface area contributed by atoms with E-state index in [4.69, 9.17) is 16.3 Å². The minimum Gasteiger partial charge on any atom is -0.385 e. The number of aromatic nitrogens is 6. The SMILES string of the molecule is COCCCn1c(=O)c2ccccc2n2c(SCc3nc4ccc(Cl)cc4c(=O)[nH]3)nnc12. The van der Waals surface area contributed by atoms with Gasteiger partial charge in [0.2, 0.25) is 5.78 Å². The van der Waals surface area contributed by atoms with Crippen molar-refractivity contribution in [3.8, 4) is 0 Å². The summed E-state index contributed by atoms with van der Waals surface area (Å²) in [6.45, 7) is 0.999. The Labute approximate surface area is 196 Å². The number of benzene rings is 2. The Morgan fingerprint density at radius 2 is 1.97 bits per heavy atom. The number of nitrogens with one attached hydrogen (secondary N) is 1. The highest BCUT2D eigenvalue weighted by Crippen LogP contribution is 2.24. The molecule has 9 nitrogen and oxygen atoms in total. The average Bonchev–Trinajstić information content (AvgIpc) is 3.24. The van der Waals surface area contributed by atoms with Crippen molar-refractivity contribution in [3.63, 3.8) is 0 Å². The highest BCUT2D eigenvalue weighted by Gasteiger charge is 2.17. The predicted molar refractivity (Wildman–Crippen MR) is 128 cm³/mol. The minimum atomic E-state index is -0.248. The lowest BCUT2D eigenvalue weighted by Gasteiger charge is -2.11. The first-order chi connectivity index (χ1) is 16.1. The molecule has 0 radical (unpaired) electrons. The maximum atomic E-state index is 13.1. The van der Waals surface area contributed by atoms with Crippen LogP contribution in [-0.4, -0.2) is 42.8 Å². The molecule has 0 saturated heterocycles. The van der Waals surface area contributed by atoms with Crippen molar-refractivity contribution in [2.75, 3.05) is 13.7 Å². The van der Waals surface area contributed by atoms with Gasteiger partial charge in [0, 0.05) is 25.3 Å². The molecular weight excluding hydrogens is 464 g/mol. The third-order valence-electron chi connectivity index (χ3n) is 5.26. The van der Waals surface area contributed by atoms with Crippen molar-refractivity contribution in [3.05, 3.63) is 74.0 Å². The first-order valence-electron chi connectivity index (χ1n) is 10.2. The molecule has 0 spiro atoms. The number of aromatic amines is 1. The molecule has 168 valence electrons. The van der Waals surface area contributed by atoms with E-state index in [9.17, 15) is 9.59 Å². The second-order valence-electron chi connectivity index (χ2n) is 7.40. The molecule has 5 aromatic rings. The summed E-state index contributed by atoms with van der Waals surface area (Å²) in [6.07, 6.45) is 0.673. The lowest BCUT2D eigenvalue weighted by molar-refractivity contribution is 0.190. The Hall–Kier alpha value is -3.21. The fourth-order valence-electron chi connectivity index (χ4n) is 3.76. The van der Waals surface area contributed by atoms with E-state index in [-0.39, 0.29) is 11.1 Å². The third kappa shape index (κ3) is 4.01. The molecule has 11 heteroatoms. The highest BCUT2D eigenvalue weighted by atomic mass is 35.5. The topological polar surface area (TPSA) is 107 Å². The number of fused-ring (bicyclic) bond motifs is 4. The van der Waals surface area contributed by atoms with Crippen LogP contribution in [0, 0.1) is 0 Å². The molecule has 3 heterocycles. The summed E-state index contributed by atoms with van der Waals surface area (Å²) >= 11 is 7.37. The predicted octanol–water partition coefficient (Wildman–Crippen LogP) is 3.26. The zero-order valence-electron chi connectivity index (χ0n) is 17.6. The van der Waals surface area contributed by atoms with Crippen molar-refractivity contribution >= 4 is 50.9 Å². The Kier molecular flexibility index (Phi) is 5.88. The molecule has 1 N–H and O–H groups in total. The van der Waals surface area contributed by atoms with Crippen molar-refractivity contribution < 1.29 is 4.74 Å². The molecule has 3 aromatic heterocycles. The Bertz CT molecular complexity index is 1610. The van der Waals surface area contributed by atoms with Gasteiger partial charge in [-0.25, -0.2) is 4.98 Å². The summed E-state index contributed by atoms with van der Waals surface area (Å²) in [5.74, 6) is 1.34. The van der Waals surface area contributed by atoms with Gasteiger partial charge in [-0.1, -0.05) is 35.5 Å². The standard InChI is InChI=1S/C22H19ClN6O3S/c1-32-10-4-9-28-20(31)14-5-2-3-6-17(14)29-21(28)26-27-22(29)33-12-18-24-16-8-7-13(23)11-15(16)19(30)25-18/h2-3,5-8,11H,4,9-10,12H2,1H3,(H,24,25,30). The lowest BCUT2D eigenvalue weighted by atomic mass is 10.2. The van der Waals surface area contributed by atoms with Gasteiger partial charge in [0.1, 0.15) is 5.82 Å². The van der Waals surface area contributed by atoms with Crippen LogP contribution in [0.4, 0.5) is 0 Å². The average molecular weight is 483 g/mol. The molecule has 33 heavy (non-hydrogen) atoms. The summed E-state index contributed by atoms with van der Waals surface area (Å²) in [5, 5.41) is 10.7. The van der Waals surface area contributed by atoms with E-state index in [2.05, 4.69) is 20.2 Å². The molecule has 0 atom stereocenters. The van der Waals surface area contributed by atoms with E-state index in [0.717, 1.165) is 5.52 Å².